The van der Waals surface area contributed by atoms with Gasteiger partial charge >= 0.3 is 12.1 Å². The van der Waals surface area contributed by atoms with Gasteiger partial charge in [-0.1, -0.05) is 6.08 Å². The quantitative estimate of drug-likeness (QED) is 0.306. The van der Waals surface area contributed by atoms with Crippen molar-refractivity contribution in [3.63, 3.8) is 0 Å². The molecule has 21 heavy (non-hydrogen) atoms. The summed E-state index contributed by atoms with van der Waals surface area (Å²) in [5, 5.41) is 2.43. The summed E-state index contributed by atoms with van der Waals surface area (Å²) in [6, 6.07) is 0. The second-order valence-electron chi connectivity index (χ2n) is 4.20. The Hall–Kier alpha value is -2.11. The molecule has 1 saturated carbocycles. The van der Waals surface area contributed by atoms with Gasteiger partial charge in [0.1, 0.15) is 19.2 Å². The zero-order chi connectivity index (χ0) is 15.9. The van der Waals surface area contributed by atoms with Crippen LogP contribution >= 0.6 is 0 Å². The first kappa shape index (κ1) is 16.9. The number of amides is 1. The normalized spacial score (nSPS) is 23.0. The van der Waals surface area contributed by atoms with Crippen molar-refractivity contribution in [2.24, 2.45) is 5.92 Å². The maximum absolute atomic E-state index is 12.1. The van der Waals surface area contributed by atoms with Gasteiger partial charge in [-0.2, -0.15) is 0 Å². The first-order valence-corrected chi connectivity index (χ1v) is 6.68. The van der Waals surface area contributed by atoms with E-state index in [4.69, 9.17) is 14.2 Å². The van der Waals surface area contributed by atoms with Gasteiger partial charge in [-0.3, -0.25) is 0 Å². The highest BCUT2D eigenvalue weighted by atomic mass is 16.6. The number of nitrogens with one attached hydrogen (secondary N) is 1. The van der Waals surface area contributed by atoms with Crippen molar-refractivity contribution in [2.45, 2.75) is 19.4 Å². The minimum atomic E-state index is -1.41. The molecular weight excluding hydrogens is 278 g/mol. The molecule has 1 aliphatic carbocycles. The van der Waals surface area contributed by atoms with Gasteiger partial charge in [0.25, 0.3) is 0 Å². The van der Waals surface area contributed by atoms with Gasteiger partial charge in [0.05, 0.1) is 11.5 Å². The van der Waals surface area contributed by atoms with Crippen molar-refractivity contribution in [3.8, 4) is 0 Å². The molecule has 1 N–H and O–H groups in total. The second kappa shape index (κ2) is 7.61. The van der Waals surface area contributed by atoms with Crippen LogP contribution in [-0.2, 0) is 23.8 Å². The standard InChI is InChI=1S/C14H19NO6/c1-4-10-11(9-16)14(10,21-6-3)12(17)19-7-8-20-13(18)15-5-2/h4,10H,1,5-8H2,2-3H3,(H,15,18). The topological polar surface area (TPSA) is 90.9 Å². The number of alkyl carbamates (subject to hydrolysis) is 1. The highest BCUT2D eigenvalue weighted by molar-refractivity contribution is 5.96. The third kappa shape index (κ3) is 3.51. The van der Waals surface area contributed by atoms with E-state index in [1.165, 1.54) is 6.08 Å². The Morgan fingerprint density at radius 2 is 2.05 bits per heavy atom. The molecule has 1 rings (SSSR count). The summed E-state index contributed by atoms with van der Waals surface area (Å²) < 4.78 is 15.1. The van der Waals surface area contributed by atoms with Gasteiger partial charge in [-0.15, -0.1) is 6.58 Å². The number of rotatable bonds is 8. The van der Waals surface area contributed by atoms with Crippen molar-refractivity contribution in [1.29, 1.82) is 0 Å². The molecule has 7 heteroatoms. The highest BCUT2D eigenvalue weighted by Gasteiger charge is 2.68. The minimum Gasteiger partial charge on any atom is -0.460 e. The molecule has 1 amide bonds. The Kier molecular flexibility index (Phi) is 6.14. The summed E-state index contributed by atoms with van der Waals surface area (Å²) in [7, 11) is 0. The molecule has 7 nitrogen and oxygen atoms in total. The summed E-state index contributed by atoms with van der Waals surface area (Å²) in [5.74, 6) is 0.473. The summed E-state index contributed by atoms with van der Waals surface area (Å²) >= 11 is 0. The molecule has 2 atom stereocenters. The second-order valence-corrected chi connectivity index (χ2v) is 4.20. The molecule has 0 aromatic rings. The molecule has 1 fully saturated rings. The Labute approximate surface area is 122 Å². The van der Waals surface area contributed by atoms with E-state index in [1.54, 1.807) is 19.8 Å². The Morgan fingerprint density at radius 3 is 2.52 bits per heavy atom. The lowest BCUT2D eigenvalue weighted by molar-refractivity contribution is -0.160. The monoisotopic (exact) mass is 297 g/mol. The molecule has 0 radical (unpaired) electrons. The lowest BCUT2D eigenvalue weighted by Crippen LogP contribution is -2.33. The Balaban J connectivity index is 2.51. The van der Waals surface area contributed by atoms with E-state index in [0.717, 1.165) is 0 Å². The molecule has 0 bridgehead atoms. The molecule has 2 unspecified atom stereocenters. The molecule has 0 aliphatic heterocycles. The van der Waals surface area contributed by atoms with Crippen molar-refractivity contribution < 1.29 is 28.6 Å². The molecular formula is C14H19NO6. The van der Waals surface area contributed by atoms with Gasteiger partial charge in [-0.25, -0.2) is 14.4 Å². The molecule has 0 heterocycles. The minimum absolute atomic E-state index is 0.0847. The van der Waals surface area contributed by atoms with E-state index in [-0.39, 0.29) is 25.4 Å². The smallest absolute Gasteiger partial charge is 0.407 e. The van der Waals surface area contributed by atoms with Crippen LogP contribution < -0.4 is 5.32 Å². The van der Waals surface area contributed by atoms with E-state index in [9.17, 15) is 14.4 Å². The van der Waals surface area contributed by atoms with Crippen molar-refractivity contribution in [2.75, 3.05) is 26.4 Å². The fourth-order valence-corrected chi connectivity index (χ4v) is 2.02. The predicted molar refractivity (Wildman–Crippen MR) is 73.2 cm³/mol. The number of esters is 1. The molecule has 116 valence electrons. The summed E-state index contributed by atoms with van der Waals surface area (Å²) in [5.41, 5.74) is -1.24. The van der Waals surface area contributed by atoms with Gasteiger partial charge in [0.2, 0.25) is 5.60 Å². The van der Waals surface area contributed by atoms with E-state index < -0.39 is 23.6 Å². The number of hydrogen-bond donors (Lipinski definition) is 1. The van der Waals surface area contributed by atoms with Gasteiger partial charge in [-0.05, 0) is 13.8 Å². The maximum atomic E-state index is 12.1. The van der Waals surface area contributed by atoms with Crippen LogP contribution in [0.2, 0.25) is 0 Å². The van der Waals surface area contributed by atoms with E-state index in [0.29, 0.717) is 6.54 Å². The number of hydrogen-bond acceptors (Lipinski definition) is 6. The largest absolute Gasteiger partial charge is 0.460 e. The number of carbonyl (C=O) groups excluding carboxylic acids is 3. The zero-order valence-electron chi connectivity index (χ0n) is 12.1. The van der Waals surface area contributed by atoms with E-state index in [2.05, 4.69) is 11.9 Å². The number of ether oxygens (including phenoxy) is 3. The van der Waals surface area contributed by atoms with Crippen molar-refractivity contribution in [1.82, 2.24) is 5.32 Å². The van der Waals surface area contributed by atoms with E-state index >= 15 is 0 Å². The zero-order valence-corrected chi connectivity index (χ0v) is 12.1. The van der Waals surface area contributed by atoms with Crippen LogP contribution in [-0.4, -0.2) is 50.0 Å². The van der Waals surface area contributed by atoms with Crippen molar-refractivity contribution >= 4 is 18.0 Å². The van der Waals surface area contributed by atoms with Gasteiger partial charge in [0.15, 0.2) is 0 Å². The van der Waals surface area contributed by atoms with Crippen LogP contribution in [0.4, 0.5) is 4.79 Å². The molecule has 1 aliphatic rings. The molecule has 0 aromatic heterocycles. The lowest BCUT2D eigenvalue weighted by atomic mass is 10.2. The average Bonchev–Trinajstić information content (AvgIpc) is 3.11. The van der Waals surface area contributed by atoms with Gasteiger partial charge < -0.3 is 19.5 Å². The highest BCUT2D eigenvalue weighted by Crippen LogP contribution is 2.53. The van der Waals surface area contributed by atoms with Crippen LogP contribution in [0.5, 0.6) is 0 Å². The lowest BCUT2D eigenvalue weighted by Gasteiger charge is -2.14. The molecule has 0 spiro atoms. The number of carbonyl (C=O) groups is 2. The third-order valence-corrected chi connectivity index (χ3v) is 2.96. The third-order valence-electron chi connectivity index (χ3n) is 2.96. The van der Waals surface area contributed by atoms with E-state index in [1.807, 2.05) is 0 Å². The summed E-state index contributed by atoms with van der Waals surface area (Å²) in [6.07, 6.45) is 0.861. The van der Waals surface area contributed by atoms with Crippen LogP contribution in [0.1, 0.15) is 13.8 Å². The molecule has 0 aromatic carbocycles. The van der Waals surface area contributed by atoms with Crippen LogP contribution in [0.3, 0.4) is 0 Å². The van der Waals surface area contributed by atoms with Crippen LogP contribution in [0.25, 0.3) is 0 Å². The Morgan fingerprint density at radius 1 is 1.38 bits per heavy atom. The predicted octanol–water partition coefficient (Wildman–Crippen LogP) is 0.625. The van der Waals surface area contributed by atoms with Crippen LogP contribution in [0, 0.1) is 5.92 Å². The fraction of sp³-hybridized carbons (Fsp3) is 0.571. The van der Waals surface area contributed by atoms with Gasteiger partial charge in [0, 0.05) is 13.2 Å². The molecule has 0 saturated heterocycles. The summed E-state index contributed by atoms with van der Waals surface area (Å²) in [4.78, 5) is 34.0. The Bertz CT molecular complexity index is 468. The average molecular weight is 297 g/mol. The SMILES string of the molecule is C=CC1C(=C=O)C1(OCC)C(=O)OCCOC(=O)NCC. The first-order chi connectivity index (χ1) is 10.1. The summed E-state index contributed by atoms with van der Waals surface area (Å²) in [6.45, 7) is 7.48. The van der Waals surface area contributed by atoms with Crippen molar-refractivity contribution in [3.05, 3.63) is 18.2 Å². The fourth-order valence-electron chi connectivity index (χ4n) is 2.02. The first-order valence-electron chi connectivity index (χ1n) is 6.68. The maximum Gasteiger partial charge on any atom is 0.407 e. The van der Waals surface area contributed by atoms with Crippen LogP contribution in [0.15, 0.2) is 18.2 Å².